The van der Waals surface area contributed by atoms with Gasteiger partial charge in [0.05, 0.1) is 19.6 Å². The molecular weight excluding hydrogens is 340 g/mol. The normalized spacial score (nSPS) is 11.7. The largest absolute Gasteiger partial charge is 0.497 e. The summed E-state index contributed by atoms with van der Waals surface area (Å²) >= 11 is 0. The van der Waals surface area contributed by atoms with Crippen molar-refractivity contribution in [2.75, 3.05) is 14.2 Å². The molecule has 2 rings (SSSR count). The van der Waals surface area contributed by atoms with Crippen LogP contribution in [0.5, 0.6) is 11.5 Å². The average Bonchev–Trinajstić information content (AvgIpc) is 2.70. The molecule has 0 unspecified atom stereocenters. The van der Waals surface area contributed by atoms with Crippen molar-refractivity contribution in [2.45, 2.75) is 13.8 Å². The van der Waals surface area contributed by atoms with Crippen LogP contribution < -0.4 is 9.47 Å². The van der Waals surface area contributed by atoms with Crippen molar-refractivity contribution in [3.63, 3.8) is 0 Å². The number of hydrogen-bond donors (Lipinski definition) is 0. The minimum absolute atomic E-state index is 0.248. The first-order valence-corrected chi connectivity index (χ1v) is 8.60. The minimum Gasteiger partial charge on any atom is -0.497 e. The second-order valence-electron chi connectivity index (χ2n) is 6.57. The van der Waals surface area contributed by atoms with Gasteiger partial charge in [0.2, 0.25) is 0 Å². The third-order valence-electron chi connectivity index (χ3n) is 4.32. The number of carbonyl (C=O) groups excluding carboxylic acids is 2. The van der Waals surface area contributed by atoms with Gasteiger partial charge in [-0.05, 0) is 61.4 Å². The third-order valence-corrected chi connectivity index (χ3v) is 4.32. The number of ether oxygens (including phenoxy) is 2. The molecule has 0 aromatic heterocycles. The lowest BCUT2D eigenvalue weighted by Crippen LogP contribution is -2.30. The van der Waals surface area contributed by atoms with Crippen LogP contribution in [0, 0.1) is 5.41 Å². The Labute approximate surface area is 160 Å². The molecule has 2 aromatic carbocycles. The zero-order valence-electron chi connectivity index (χ0n) is 16.1. The molecule has 4 nitrogen and oxygen atoms in total. The van der Waals surface area contributed by atoms with Crippen LogP contribution >= 0.6 is 0 Å². The molecule has 0 spiro atoms. The van der Waals surface area contributed by atoms with Crippen LogP contribution in [0.25, 0.3) is 12.2 Å². The Morgan fingerprint density at radius 2 is 1.04 bits per heavy atom. The van der Waals surface area contributed by atoms with Crippen molar-refractivity contribution in [3.8, 4) is 11.5 Å². The predicted molar refractivity (Wildman–Crippen MR) is 108 cm³/mol. The highest BCUT2D eigenvalue weighted by atomic mass is 16.5. The lowest BCUT2D eigenvalue weighted by molar-refractivity contribution is -0.132. The highest BCUT2D eigenvalue weighted by Crippen LogP contribution is 2.22. The van der Waals surface area contributed by atoms with E-state index in [1.165, 1.54) is 12.2 Å². The number of methoxy groups -OCH3 is 2. The monoisotopic (exact) mass is 364 g/mol. The van der Waals surface area contributed by atoms with Crippen LogP contribution in [-0.2, 0) is 9.59 Å². The number of carbonyl (C=O) groups is 2. The molecule has 0 bridgehead atoms. The van der Waals surface area contributed by atoms with E-state index in [0.29, 0.717) is 0 Å². The smallest absolute Gasteiger partial charge is 0.169 e. The molecule has 0 aliphatic carbocycles. The summed E-state index contributed by atoms with van der Waals surface area (Å²) in [5.74, 6) is 1.00. The first-order chi connectivity index (χ1) is 12.9. The van der Waals surface area contributed by atoms with Gasteiger partial charge in [-0.2, -0.15) is 0 Å². The first kappa shape index (κ1) is 20.2. The van der Waals surface area contributed by atoms with Gasteiger partial charge in [-0.3, -0.25) is 9.59 Å². The van der Waals surface area contributed by atoms with Crippen molar-refractivity contribution in [1.29, 1.82) is 0 Å². The van der Waals surface area contributed by atoms with Gasteiger partial charge < -0.3 is 9.47 Å². The number of rotatable bonds is 8. The van der Waals surface area contributed by atoms with E-state index in [4.69, 9.17) is 9.47 Å². The Morgan fingerprint density at radius 1 is 0.704 bits per heavy atom. The molecule has 27 heavy (non-hydrogen) atoms. The zero-order valence-corrected chi connectivity index (χ0v) is 16.1. The van der Waals surface area contributed by atoms with Crippen LogP contribution in [0.2, 0.25) is 0 Å². The summed E-state index contributed by atoms with van der Waals surface area (Å²) in [6.45, 7) is 3.27. The highest BCUT2D eigenvalue weighted by Gasteiger charge is 2.32. The molecule has 0 N–H and O–H groups in total. The van der Waals surface area contributed by atoms with Crippen LogP contribution in [0.4, 0.5) is 0 Å². The van der Waals surface area contributed by atoms with E-state index < -0.39 is 5.41 Å². The number of benzene rings is 2. The van der Waals surface area contributed by atoms with Gasteiger partial charge in [-0.25, -0.2) is 0 Å². The molecule has 0 saturated heterocycles. The molecule has 0 atom stereocenters. The van der Waals surface area contributed by atoms with Gasteiger partial charge in [-0.1, -0.05) is 36.4 Å². The summed E-state index contributed by atoms with van der Waals surface area (Å²) in [5.41, 5.74) is 0.591. The van der Waals surface area contributed by atoms with Crippen molar-refractivity contribution >= 4 is 23.7 Å². The maximum atomic E-state index is 12.5. The van der Waals surface area contributed by atoms with Crippen molar-refractivity contribution < 1.29 is 19.1 Å². The molecule has 0 amide bonds. The Kier molecular flexibility index (Phi) is 6.72. The van der Waals surface area contributed by atoms with E-state index in [0.717, 1.165) is 22.6 Å². The molecule has 0 saturated carbocycles. The maximum absolute atomic E-state index is 12.5. The van der Waals surface area contributed by atoms with E-state index in [1.54, 1.807) is 40.2 Å². The SMILES string of the molecule is COc1ccc(/C=C/C(=O)C(C)(C)C(=O)/C=C/c2ccc(OC)cc2)cc1. The number of ketones is 2. The van der Waals surface area contributed by atoms with E-state index >= 15 is 0 Å². The fourth-order valence-corrected chi connectivity index (χ4v) is 2.31. The predicted octanol–water partition coefficient (Wildman–Crippen LogP) is 4.59. The van der Waals surface area contributed by atoms with Crippen LogP contribution in [0.1, 0.15) is 25.0 Å². The Hall–Kier alpha value is -3.14. The van der Waals surface area contributed by atoms with Crippen LogP contribution in [0.3, 0.4) is 0 Å². The Balaban J connectivity index is 2.05. The summed E-state index contributed by atoms with van der Waals surface area (Å²) in [4.78, 5) is 25.0. The Morgan fingerprint density at radius 3 is 1.33 bits per heavy atom. The summed E-state index contributed by atoms with van der Waals surface area (Å²) < 4.78 is 10.2. The van der Waals surface area contributed by atoms with E-state index in [2.05, 4.69) is 0 Å². The fourth-order valence-electron chi connectivity index (χ4n) is 2.31. The molecule has 0 aliphatic rings. The standard InChI is InChI=1S/C23H24O4/c1-23(2,21(24)15-9-17-5-11-19(26-3)12-6-17)22(25)16-10-18-7-13-20(27-4)14-8-18/h5-16H,1-4H3/b15-9+,16-10+. The van der Waals surface area contributed by atoms with E-state index in [1.807, 2.05) is 48.5 Å². The summed E-state index contributed by atoms with van der Waals surface area (Å²) in [6, 6.07) is 14.7. The first-order valence-electron chi connectivity index (χ1n) is 8.60. The fraction of sp³-hybridized carbons (Fsp3) is 0.217. The highest BCUT2D eigenvalue weighted by molar-refractivity contribution is 6.16. The third kappa shape index (κ3) is 5.42. The number of allylic oxidation sites excluding steroid dienone is 2. The molecule has 0 heterocycles. The minimum atomic E-state index is -1.13. The molecule has 2 aromatic rings. The average molecular weight is 364 g/mol. The van der Waals surface area contributed by atoms with Crippen molar-refractivity contribution in [1.82, 2.24) is 0 Å². The lowest BCUT2D eigenvalue weighted by Gasteiger charge is -2.17. The summed E-state index contributed by atoms with van der Waals surface area (Å²) in [6.07, 6.45) is 6.29. The van der Waals surface area contributed by atoms with Gasteiger partial charge in [0.25, 0.3) is 0 Å². The second-order valence-corrected chi connectivity index (χ2v) is 6.57. The number of hydrogen-bond acceptors (Lipinski definition) is 4. The van der Waals surface area contributed by atoms with Gasteiger partial charge in [0.1, 0.15) is 11.5 Å². The Bertz CT molecular complexity index is 769. The van der Waals surface area contributed by atoms with Crippen LogP contribution in [0.15, 0.2) is 60.7 Å². The quantitative estimate of drug-likeness (QED) is 0.508. The topological polar surface area (TPSA) is 52.6 Å². The van der Waals surface area contributed by atoms with Gasteiger partial charge in [0, 0.05) is 0 Å². The molecule has 0 fully saturated rings. The molecule has 0 radical (unpaired) electrons. The molecular formula is C23H24O4. The van der Waals surface area contributed by atoms with Crippen molar-refractivity contribution in [2.24, 2.45) is 5.41 Å². The van der Waals surface area contributed by atoms with Gasteiger partial charge >= 0.3 is 0 Å². The lowest BCUT2D eigenvalue weighted by atomic mass is 9.82. The molecule has 0 aliphatic heterocycles. The second kappa shape index (κ2) is 8.99. The van der Waals surface area contributed by atoms with Gasteiger partial charge in [0.15, 0.2) is 11.6 Å². The van der Waals surface area contributed by atoms with Gasteiger partial charge in [-0.15, -0.1) is 0 Å². The summed E-state index contributed by atoms with van der Waals surface area (Å²) in [5, 5.41) is 0. The molecule has 4 heteroatoms. The maximum Gasteiger partial charge on any atom is 0.169 e. The molecule has 140 valence electrons. The van der Waals surface area contributed by atoms with Crippen molar-refractivity contribution in [3.05, 3.63) is 71.8 Å². The van der Waals surface area contributed by atoms with E-state index in [9.17, 15) is 9.59 Å². The zero-order chi connectivity index (χ0) is 19.9. The van der Waals surface area contributed by atoms with E-state index in [-0.39, 0.29) is 11.6 Å². The van der Waals surface area contributed by atoms with Crippen LogP contribution in [-0.4, -0.2) is 25.8 Å². The summed E-state index contributed by atoms with van der Waals surface area (Å²) in [7, 11) is 3.20.